The molecular weight excluding hydrogens is 254 g/mol. The molecule has 102 valence electrons. The molecule has 0 amide bonds. The van der Waals surface area contributed by atoms with E-state index in [1.54, 1.807) is 11.3 Å². The van der Waals surface area contributed by atoms with Crippen molar-refractivity contribution in [3.63, 3.8) is 0 Å². The average Bonchev–Trinajstić information content (AvgIpc) is 2.93. The average molecular weight is 275 g/mol. The van der Waals surface area contributed by atoms with Gasteiger partial charge in [0.2, 0.25) is 0 Å². The summed E-state index contributed by atoms with van der Waals surface area (Å²) in [7, 11) is 0. The molecule has 1 aromatic heterocycles. The van der Waals surface area contributed by atoms with E-state index in [9.17, 15) is 0 Å². The largest absolute Gasteiger partial charge is 0.271 e. The Morgan fingerprint density at radius 3 is 2.79 bits per heavy atom. The van der Waals surface area contributed by atoms with Crippen molar-refractivity contribution in [2.45, 2.75) is 38.6 Å². The summed E-state index contributed by atoms with van der Waals surface area (Å²) in [4.78, 5) is 4.70. The van der Waals surface area contributed by atoms with Gasteiger partial charge in [0, 0.05) is 23.4 Å². The van der Waals surface area contributed by atoms with Gasteiger partial charge in [-0.3, -0.25) is 11.3 Å². The number of aromatic nitrogens is 1. The molecule has 19 heavy (non-hydrogen) atoms. The number of hydrogen-bond donors (Lipinski definition) is 2. The van der Waals surface area contributed by atoms with E-state index < -0.39 is 0 Å². The molecular formula is C15H21N3S. The van der Waals surface area contributed by atoms with Crippen LogP contribution in [0.1, 0.15) is 31.2 Å². The van der Waals surface area contributed by atoms with Crippen molar-refractivity contribution >= 4 is 11.3 Å². The Balaban J connectivity index is 2.01. The second-order valence-electron chi connectivity index (χ2n) is 4.70. The first-order chi connectivity index (χ1) is 9.33. The number of nitrogens with two attached hydrogens (primary N) is 1. The predicted molar refractivity (Wildman–Crippen MR) is 81.9 cm³/mol. The fraction of sp³-hybridized carbons (Fsp3) is 0.400. The zero-order valence-electron chi connectivity index (χ0n) is 11.3. The molecule has 4 heteroatoms. The van der Waals surface area contributed by atoms with Crippen LogP contribution in [-0.2, 0) is 6.42 Å². The zero-order chi connectivity index (χ0) is 13.5. The number of benzene rings is 1. The Morgan fingerprint density at radius 2 is 2.11 bits per heavy atom. The first kappa shape index (κ1) is 14.2. The zero-order valence-corrected chi connectivity index (χ0v) is 12.1. The molecule has 0 aliphatic heterocycles. The van der Waals surface area contributed by atoms with Gasteiger partial charge < -0.3 is 0 Å². The molecule has 2 aromatic rings. The number of hydrogen-bond acceptors (Lipinski definition) is 4. The Labute approximate surface area is 118 Å². The van der Waals surface area contributed by atoms with Gasteiger partial charge in [0.15, 0.2) is 0 Å². The topological polar surface area (TPSA) is 50.9 Å². The minimum Gasteiger partial charge on any atom is -0.271 e. The molecule has 3 N–H and O–H groups in total. The fourth-order valence-electron chi connectivity index (χ4n) is 2.05. The van der Waals surface area contributed by atoms with E-state index in [-0.39, 0.29) is 0 Å². The summed E-state index contributed by atoms with van der Waals surface area (Å²) in [6.45, 7) is 2.20. The van der Waals surface area contributed by atoms with E-state index >= 15 is 0 Å². The first-order valence-corrected chi connectivity index (χ1v) is 7.67. The number of rotatable bonds is 7. The molecule has 0 aliphatic carbocycles. The van der Waals surface area contributed by atoms with Crippen LogP contribution in [0.25, 0.3) is 11.3 Å². The monoisotopic (exact) mass is 275 g/mol. The summed E-state index contributed by atoms with van der Waals surface area (Å²) in [6.07, 6.45) is 4.42. The molecule has 0 spiro atoms. The van der Waals surface area contributed by atoms with Gasteiger partial charge in [-0.15, -0.1) is 11.3 Å². The van der Waals surface area contributed by atoms with Crippen LogP contribution in [-0.4, -0.2) is 11.0 Å². The third-order valence-electron chi connectivity index (χ3n) is 3.18. The summed E-state index contributed by atoms with van der Waals surface area (Å²) in [5, 5.41) is 3.27. The van der Waals surface area contributed by atoms with Crippen LogP contribution >= 0.6 is 11.3 Å². The minimum absolute atomic E-state index is 0.328. The molecule has 1 aromatic carbocycles. The molecule has 2 rings (SSSR count). The Hall–Kier alpha value is -1.23. The molecule has 0 saturated carbocycles. The van der Waals surface area contributed by atoms with Crippen molar-refractivity contribution in [1.29, 1.82) is 0 Å². The molecule has 0 fully saturated rings. The van der Waals surface area contributed by atoms with Crippen LogP contribution in [0.2, 0.25) is 0 Å². The normalized spacial score (nSPS) is 12.5. The Kier molecular flexibility index (Phi) is 5.51. The molecule has 1 unspecified atom stereocenters. The number of nitrogens with zero attached hydrogens (tertiary/aromatic N) is 1. The summed E-state index contributed by atoms with van der Waals surface area (Å²) in [5.74, 6) is 5.61. The molecule has 0 bridgehead atoms. The second-order valence-corrected chi connectivity index (χ2v) is 5.65. The van der Waals surface area contributed by atoms with E-state index in [4.69, 9.17) is 10.8 Å². The number of nitrogens with one attached hydrogen (secondary N) is 1. The van der Waals surface area contributed by atoms with Gasteiger partial charge in [-0.1, -0.05) is 50.1 Å². The van der Waals surface area contributed by atoms with Gasteiger partial charge in [0.25, 0.3) is 0 Å². The summed E-state index contributed by atoms with van der Waals surface area (Å²) in [6, 6.07) is 10.6. The van der Waals surface area contributed by atoms with E-state index in [0.29, 0.717) is 6.04 Å². The quantitative estimate of drug-likeness (QED) is 0.601. The maximum atomic E-state index is 5.61. The van der Waals surface area contributed by atoms with Gasteiger partial charge in [-0.2, -0.15) is 0 Å². The molecule has 0 radical (unpaired) electrons. The lowest BCUT2D eigenvalue weighted by atomic mass is 10.1. The van der Waals surface area contributed by atoms with Crippen molar-refractivity contribution in [3.8, 4) is 11.3 Å². The minimum atomic E-state index is 0.328. The van der Waals surface area contributed by atoms with E-state index in [1.165, 1.54) is 18.4 Å². The Morgan fingerprint density at radius 1 is 1.32 bits per heavy atom. The Bertz CT molecular complexity index is 481. The van der Waals surface area contributed by atoms with Crippen molar-refractivity contribution < 1.29 is 0 Å². The maximum Gasteiger partial charge on any atom is 0.0948 e. The highest BCUT2D eigenvalue weighted by molar-refractivity contribution is 7.09. The van der Waals surface area contributed by atoms with Gasteiger partial charge in [-0.25, -0.2) is 4.98 Å². The van der Waals surface area contributed by atoms with E-state index in [2.05, 4.69) is 29.9 Å². The standard InChI is InChI=1S/C15H21N3S/c1-2-3-9-13(18-16)10-15-17-14(11-19-15)12-7-5-4-6-8-12/h4-8,11,13,18H,2-3,9-10,16H2,1H3. The van der Waals surface area contributed by atoms with Crippen LogP contribution < -0.4 is 11.3 Å². The van der Waals surface area contributed by atoms with Gasteiger partial charge in [0.05, 0.1) is 10.7 Å². The van der Waals surface area contributed by atoms with Crippen molar-refractivity contribution in [3.05, 3.63) is 40.7 Å². The van der Waals surface area contributed by atoms with Gasteiger partial charge in [-0.05, 0) is 6.42 Å². The highest BCUT2D eigenvalue weighted by atomic mass is 32.1. The molecule has 3 nitrogen and oxygen atoms in total. The number of hydrazine groups is 1. The predicted octanol–water partition coefficient (Wildman–Crippen LogP) is 3.37. The lowest BCUT2D eigenvalue weighted by Gasteiger charge is -2.13. The third kappa shape index (κ3) is 4.13. The van der Waals surface area contributed by atoms with Crippen LogP contribution in [0.5, 0.6) is 0 Å². The SMILES string of the molecule is CCCCC(Cc1nc(-c2ccccc2)cs1)NN. The van der Waals surface area contributed by atoms with Crippen LogP contribution in [0, 0.1) is 0 Å². The summed E-state index contributed by atoms with van der Waals surface area (Å²) in [5.41, 5.74) is 5.14. The highest BCUT2D eigenvalue weighted by Crippen LogP contribution is 2.22. The summed E-state index contributed by atoms with van der Waals surface area (Å²) >= 11 is 1.71. The van der Waals surface area contributed by atoms with Crippen LogP contribution in [0.3, 0.4) is 0 Å². The first-order valence-electron chi connectivity index (χ1n) is 6.79. The number of unbranched alkanes of at least 4 members (excludes halogenated alkanes) is 1. The molecule has 1 atom stereocenters. The van der Waals surface area contributed by atoms with Gasteiger partial charge >= 0.3 is 0 Å². The third-order valence-corrected chi connectivity index (χ3v) is 4.06. The van der Waals surface area contributed by atoms with Crippen molar-refractivity contribution in [2.75, 3.05) is 0 Å². The fourth-order valence-corrected chi connectivity index (χ4v) is 2.94. The second kappa shape index (κ2) is 7.38. The summed E-state index contributed by atoms with van der Waals surface area (Å²) < 4.78 is 0. The van der Waals surface area contributed by atoms with Crippen molar-refractivity contribution in [1.82, 2.24) is 10.4 Å². The highest BCUT2D eigenvalue weighted by Gasteiger charge is 2.11. The van der Waals surface area contributed by atoms with Crippen molar-refractivity contribution in [2.24, 2.45) is 5.84 Å². The lowest BCUT2D eigenvalue weighted by molar-refractivity contribution is 0.473. The van der Waals surface area contributed by atoms with E-state index in [1.807, 2.05) is 18.2 Å². The van der Waals surface area contributed by atoms with Gasteiger partial charge in [0.1, 0.15) is 0 Å². The van der Waals surface area contributed by atoms with Crippen LogP contribution in [0.4, 0.5) is 0 Å². The maximum absolute atomic E-state index is 5.61. The molecule has 1 heterocycles. The lowest BCUT2D eigenvalue weighted by Crippen LogP contribution is -2.36. The number of thiazole rings is 1. The van der Waals surface area contributed by atoms with E-state index in [0.717, 1.165) is 23.5 Å². The molecule has 0 aliphatic rings. The molecule has 0 saturated heterocycles. The smallest absolute Gasteiger partial charge is 0.0948 e. The van der Waals surface area contributed by atoms with Crippen LogP contribution in [0.15, 0.2) is 35.7 Å².